The van der Waals surface area contributed by atoms with E-state index in [4.69, 9.17) is 9.47 Å². The minimum atomic E-state index is 0.560. The molecule has 2 nitrogen and oxygen atoms in total. The second kappa shape index (κ2) is 6.10. The van der Waals surface area contributed by atoms with Gasteiger partial charge < -0.3 is 9.47 Å². The van der Waals surface area contributed by atoms with Crippen LogP contribution < -0.4 is 9.47 Å². The second-order valence-electron chi connectivity index (χ2n) is 4.11. The van der Waals surface area contributed by atoms with Crippen LogP contribution in [0.25, 0.3) is 0 Å². The Bertz CT molecular complexity index is 492. The summed E-state index contributed by atoms with van der Waals surface area (Å²) in [5, 5.41) is 0. The molecule has 0 bridgehead atoms. The fraction of sp³-hybridized carbons (Fsp3) is 0.250. The Morgan fingerprint density at radius 1 is 0.889 bits per heavy atom. The van der Waals surface area contributed by atoms with Crippen molar-refractivity contribution in [3.05, 3.63) is 59.7 Å². The van der Waals surface area contributed by atoms with Crippen LogP contribution in [0.2, 0.25) is 0 Å². The van der Waals surface area contributed by atoms with Gasteiger partial charge in [-0.15, -0.1) is 0 Å². The van der Waals surface area contributed by atoms with E-state index in [9.17, 15) is 0 Å². The summed E-state index contributed by atoms with van der Waals surface area (Å²) in [6.07, 6.45) is 0.992. The zero-order valence-corrected chi connectivity index (χ0v) is 10.8. The van der Waals surface area contributed by atoms with Crippen molar-refractivity contribution in [3.8, 4) is 11.5 Å². The highest BCUT2D eigenvalue weighted by molar-refractivity contribution is 5.43. The maximum atomic E-state index is 5.83. The van der Waals surface area contributed by atoms with E-state index in [1.807, 2.05) is 30.3 Å². The monoisotopic (exact) mass is 242 g/mol. The molecule has 0 atom stereocenters. The van der Waals surface area contributed by atoms with Crippen LogP contribution in [0.3, 0.4) is 0 Å². The SMILES string of the molecule is CCc1ccc(OC)c(OCc2ccccc2)c1. The number of hydrogen-bond acceptors (Lipinski definition) is 2. The average Bonchev–Trinajstić information content (AvgIpc) is 2.45. The third-order valence-electron chi connectivity index (χ3n) is 2.87. The molecule has 0 amide bonds. The first-order chi connectivity index (χ1) is 8.83. The molecule has 2 heteroatoms. The quantitative estimate of drug-likeness (QED) is 0.793. The van der Waals surface area contributed by atoms with Crippen molar-refractivity contribution in [2.24, 2.45) is 0 Å². The summed E-state index contributed by atoms with van der Waals surface area (Å²) in [7, 11) is 1.66. The van der Waals surface area contributed by atoms with Crippen molar-refractivity contribution in [2.45, 2.75) is 20.0 Å². The molecule has 0 N–H and O–H groups in total. The van der Waals surface area contributed by atoms with Gasteiger partial charge in [0.2, 0.25) is 0 Å². The van der Waals surface area contributed by atoms with E-state index in [0.29, 0.717) is 6.61 Å². The maximum Gasteiger partial charge on any atom is 0.161 e. The Balaban J connectivity index is 2.12. The van der Waals surface area contributed by atoms with Gasteiger partial charge >= 0.3 is 0 Å². The van der Waals surface area contributed by atoms with Gasteiger partial charge in [-0.2, -0.15) is 0 Å². The van der Waals surface area contributed by atoms with Crippen LogP contribution in [-0.4, -0.2) is 7.11 Å². The molecule has 2 aromatic carbocycles. The third kappa shape index (κ3) is 3.04. The first kappa shape index (κ1) is 12.5. The van der Waals surface area contributed by atoms with Crippen LogP contribution in [0.1, 0.15) is 18.1 Å². The van der Waals surface area contributed by atoms with Crippen LogP contribution in [0.4, 0.5) is 0 Å². The maximum absolute atomic E-state index is 5.83. The van der Waals surface area contributed by atoms with Gasteiger partial charge in [0.1, 0.15) is 6.61 Å². The Morgan fingerprint density at radius 3 is 2.33 bits per heavy atom. The molecule has 0 unspecified atom stereocenters. The first-order valence-electron chi connectivity index (χ1n) is 6.17. The van der Waals surface area contributed by atoms with E-state index in [0.717, 1.165) is 23.5 Å². The molecule has 0 heterocycles. The molecule has 0 saturated carbocycles. The number of methoxy groups -OCH3 is 1. The highest BCUT2D eigenvalue weighted by Crippen LogP contribution is 2.28. The predicted octanol–water partition coefficient (Wildman–Crippen LogP) is 3.84. The van der Waals surface area contributed by atoms with Crippen LogP contribution in [0.15, 0.2) is 48.5 Å². The number of hydrogen-bond donors (Lipinski definition) is 0. The lowest BCUT2D eigenvalue weighted by atomic mass is 10.1. The molecule has 94 valence electrons. The van der Waals surface area contributed by atoms with Crippen molar-refractivity contribution < 1.29 is 9.47 Å². The average molecular weight is 242 g/mol. The topological polar surface area (TPSA) is 18.5 Å². The van der Waals surface area contributed by atoms with E-state index in [1.54, 1.807) is 7.11 Å². The van der Waals surface area contributed by atoms with E-state index >= 15 is 0 Å². The van der Waals surface area contributed by atoms with Gasteiger partial charge in [-0.05, 0) is 29.7 Å². The van der Waals surface area contributed by atoms with Crippen LogP contribution >= 0.6 is 0 Å². The number of aryl methyl sites for hydroxylation is 1. The summed E-state index contributed by atoms with van der Waals surface area (Å²) in [5.74, 6) is 1.59. The summed E-state index contributed by atoms with van der Waals surface area (Å²) in [6, 6.07) is 16.2. The molecule has 2 rings (SSSR count). The van der Waals surface area contributed by atoms with Gasteiger partial charge in [0.25, 0.3) is 0 Å². The van der Waals surface area contributed by atoms with Gasteiger partial charge in [-0.3, -0.25) is 0 Å². The largest absolute Gasteiger partial charge is 0.493 e. The van der Waals surface area contributed by atoms with Gasteiger partial charge in [0.05, 0.1) is 7.11 Å². The molecule has 0 spiro atoms. The molecule has 18 heavy (non-hydrogen) atoms. The van der Waals surface area contributed by atoms with Gasteiger partial charge in [0, 0.05) is 0 Å². The summed E-state index contributed by atoms with van der Waals surface area (Å²) in [4.78, 5) is 0. The Labute approximate surface area is 108 Å². The minimum Gasteiger partial charge on any atom is -0.493 e. The number of benzene rings is 2. The first-order valence-corrected chi connectivity index (χ1v) is 6.17. The number of ether oxygens (including phenoxy) is 2. The summed E-state index contributed by atoms with van der Waals surface area (Å²) in [5.41, 5.74) is 2.40. The normalized spacial score (nSPS) is 10.1. The Kier molecular flexibility index (Phi) is 4.24. The smallest absolute Gasteiger partial charge is 0.161 e. The third-order valence-corrected chi connectivity index (χ3v) is 2.87. The van der Waals surface area contributed by atoms with Crippen molar-refractivity contribution in [2.75, 3.05) is 7.11 Å². The molecule has 0 aliphatic rings. The summed E-state index contributed by atoms with van der Waals surface area (Å²) < 4.78 is 11.1. The van der Waals surface area contributed by atoms with Gasteiger partial charge in [0.15, 0.2) is 11.5 Å². The fourth-order valence-corrected chi connectivity index (χ4v) is 1.79. The molecule has 0 aliphatic heterocycles. The van der Waals surface area contributed by atoms with E-state index in [1.165, 1.54) is 5.56 Å². The van der Waals surface area contributed by atoms with Crippen LogP contribution in [-0.2, 0) is 13.0 Å². The van der Waals surface area contributed by atoms with Crippen molar-refractivity contribution >= 4 is 0 Å². The van der Waals surface area contributed by atoms with E-state index in [-0.39, 0.29) is 0 Å². The summed E-state index contributed by atoms with van der Waals surface area (Å²) in [6.45, 7) is 2.69. The lowest BCUT2D eigenvalue weighted by Gasteiger charge is -2.12. The molecule has 0 aromatic heterocycles. The Morgan fingerprint density at radius 2 is 1.67 bits per heavy atom. The zero-order valence-electron chi connectivity index (χ0n) is 10.8. The number of rotatable bonds is 5. The van der Waals surface area contributed by atoms with Gasteiger partial charge in [-0.1, -0.05) is 43.3 Å². The molecule has 0 saturated heterocycles. The molecule has 2 aromatic rings. The van der Waals surface area contributed by atoms with Crippen molar-refractivity contribution in [3.63, 3.8) is 0 Å². The fourth-order valence-electron chi connectivity index (χ4n) is 1.79. The van der Waals surface area contributed by atoms with Crippen molar-refractivity contribution in [1.82, 2.24) is 0 Å². The van der Waals surface area contributed by atoms with Crippen LogP contribution in [0, 0.1) is 0 Å². The highest BCUT2D eigenvalue weighted by Gasteiger charge is 2.05. The lowest BCUT2D eigenvalue weighted by Crippen LogP contribution is -1.98. The highest BCUT2D eigenvalue weighted by atomic mass is 16.5. The Hall–Kier alpha value is -1.96. The zero-order chi connectivity index (χ0) is 12.8. The molecular formula is C16H18O2. The molecule has 0 radical (unpaired) electrons. The van der Waals surface area contributed by atoms with Crippen molar-refractivity contribution in [1.29, 1.82) is 0 Å². The molecular weight excluding hydrogens is 224 g/mol. The summed E-state index contributed by atoms with van der Waals surface area (Å²) >= 11 is 0. The van der Waals surface area contributed by atoms with Crippen LogP contribution in [0.5, 0.6) is 11.5 Å². The van der Waals surface area contributed by atoms with E-state index < -0.39 is 0 Å². The predicted molar refractivity (Wildman–Crippen MR) is 73.1 cm³/mol. The standard InChI is InChI=1S/C16H18O2/c1-3-13-9-10-15(17-2)16(11-13)18-12-14-7-5-4-6-8-14/h4-11H,3,12H2,1-2H3. The minimum absolute atomic E-state index is 0.560. The van der Waals surface area contributed by atoms with E-state index in [2.05, 4.69) is 25.1 Å². The van der Waals surface area contributed by atoms with Gasteiger partial charge in [-0.25, -0.2) is 0 Å². The lowest BCUT2D eigenvalue weighted by molar-refractivity contribution is 0.284. The molecule has 0 aliphatic carbocycles. The molecule has 0 fully saturated rings. The second-order valence-corrected chi connectivity index (χ2v) is 4.11.